The first kappa shape index (κ1) is 16.0. The lowest BCUT2D eigenvalue weighted by atomic mass is 10.0. The average molecular weight is 315 g/mol. The molecule has 2 N–H and O–H groups in total. The smallest absolute Gasteiger partial charge is 0.253 e. The Hall–Kier alpha value is -1.88. The van der Waals surface area contributed by atoms with Gasteiger partial charge in [-0.2, -0.15) is 0 Å². The van der Waals surface area contributed by atoms with Crippen molar-refractivity contribution in [2.24, 2.45) is 11.8 Å². The Bertz CT molecular complexity index is 594. The molecular formula is C18H25N3O2. The summed E-state index contributed by atoms with van der Waals surface area (Å²) in [7, 11) is 1.97. The molecule has 3 rings (SSSR count). The molecule has 5 nitrogen and oxygen atoms in total. The van der Waals surface area contributed by atoms with Crippen molar-refractivity contribution in [1.82, 2.24) is 10.2 Å². The summed E-state index contributed by atoms with van der Waals surface area (Å²) in [6, 6.07) is 7.79. The quantitative estimate of drug-likeness (QED) is 0.894. The molecule has 124 valence electrons. The van der Waals surface area contributed by atoms with Crippen LogP contribution in [-0.4, -0.2) is 42.9 Å². The molecule has 1 aromatic rings. The summed E-state index contributed by atoms with van der Waals surface area (Å²) in [5, 5.41) is 6.20. The maximum Gasteiger partial charge on any atom is 0.253 e. The van der Waals surface area contributed by atoms with Crippen LogP contribution in [0.5, 0.6) is 0 Å². The average Bonchev–Trinajstić information content (AvgIpc) is 3.31. The predicted molar refractivity (Wildman–Crippen MR) is 90.3 cm³/mol. The van der Waals surface area contributed by atoms with Gasteiger partial charge in [0.25, 0.3) is 5.91 Å². The highest BCUT2D eigenvalue weighted by Crippen LogP contribution is 2.38. The van der Waals surface area contributed by atoms with Crippen LogP contribution in [0.15, 0.2) is 24.3 Å². The normalized spacial score (nSPS) is 24.3. The highest BCUT2D eigenvalue weighted by atomic mass is 16.2. The number of nitrogens with one attached hydrogen (secondary N) is 2. The summed E-state index contributed by atoms with van der Waals surface area (Å²) in [5.74, 6) is 0.732. The topological polar surface area (TPSA) is 61.4 Å². The molecule has 2 unspecified atom stereocenters. The maximum atomic E-state index is 12.6. The fraction of sp³-hybridized carbons (Fsp3) is 0.556. The fourth-order valence-electron chi connectivity index (χ4n) is 3.21. The number of benzene rings is 1. The van der Waals surface area contributed by atoms with E-state index in [0.29, 0.717) is 23.2 Å². The Labute approximate surface area is 137 Å². The van der Waals surface area contributed by atoms with Gasteiger partial charge in [0.05, 0.1) is 0 Å². The minimum absolute atomic E-state index is 0.0513. The van der Waals surface area contributed by atoms with Crippen LogP contribution in [0.2, 0.25) is 0 Å². The number of rotatable bonds is 4. The molecule has 23 heavy (non-hydrogen) atoms. The minimum atomic E-state index is 0.0513. The van der Waals surface area contributed by atoms with Gasteiger partial charge in [-0.1, -0.05) is 13.0 Å². The Morgan fingerprint density at radius 3 is 2.52 bits per heavy atom. The van der Waals surface area contributed by atoms with Crippen LogP contribution in [0.1, 0.15) is 36.5 Å². The van der Waals surface area contributed by atoms with Gasteiger partial charge in [0, 0.05) is 36.3 Å². The highest BCUT2D eigenvalue weighted by Gasteiger charge is 2.39. The second kappa shape index (κ2) is 6.71. The van der Waals surface area contributed by atoms with E-state index in [1.54, 1.807) is 6.07 Å². The molecule has 2 atom stereocenters. The molecule has 0 spiro atoms. The first-order valence-electron chi connectivity index (χ1n) is 8.46. The van der Waals surface area contributed by atoms with Crippen molar-refractivity contribution in [3.8, 4) is 0 Å². The van der Waals surface area contributed by atoms with E-state index in [2.05, 4.69) is 17.6 Å². The zero-order valence-corrected chi connectivity index (χ0v) is 13.8. The Balaban J connectivity index is 1.62. The van der Waals surface area contributed by atoms with Crippen LogP contribution in [-0.2, 0) is 4.79 Å². The van der Waals surface area contributed by atoms with E-state index in [9.17, 15) is 9.59 Å². The van der Waals surface area contributed by atoms with Gasteiger partial charge >= 0.3 is 0 Å². The number of hydrogen-bond donors (Lipinski definition) is 2. The predicted octanol–water partition coefficient (Wildman–Crippen LogP) is 2.11. The number of amides is 2. The number of carbonyl (C=O) groups is 2. The Kier molecular flexibility index (Phi) is 4.66. The van der Waals surface area contributed by atoms with Crippen LogP contribution in [0.25, 0.3) is 0 Å². The lowest BCUT2D eigenvalue weighted by molar-refractivity contribution is -0.117. The summed E-state index contributed by atoms with van der Waals surface area (Å²) >= 11 is 0. The molecule has 2 fully saturated rings. The number of anilines is 1. The van der Waals surface area contributed by atoms with Crippen molar-refractivity contribution in [1.29, 1.82) is 0 Å². The van der Waals surface area contributed by atoms with Gasteiger partial charge in [0.15, 0.2) is 0 Å². The summed E-state index contributed by atoms with van der Waals surface area (Å²) in [4.78, 5) is 26.5. The van der Waals surface area contributed by atoms with Crippen LogP contribution in [0, 0.1) is 11.8 Å². The number of carbonyl (C=O) groups excluding carboxylic acids is 2. The van der Waals surface area contributed by atoms with Gasteiger partial charge < -0.3 is 15.5 Å². The van der Waals surface area contributed by atoms with Crippen molar-refractivity contribution >= 4 is 17.5 Å². The summed E-state index contributed by atoms with van der Waals surface area (Å²) < 4.78 is 0. The third-order valence-electron chi connectivity index (χ3n) is 5.01. The fourth-order valence-corrected chi connectivity index (χ4v) is 3.21. The number of likely N-dealkylation sites (tertiary alicyclic amines) is 1. The standard InChI is InChI=1S/C18H25N3O2/c1-12-10-16(12)17(22)20-15-5-3-4-13(11-15)18(23)21-8-6-14(19-2)7-9-21/h3-5,11-12,14,16,19H,6-10H2,1-2H3,(H,20,22). The number of piperidine rings is 1. The molecule has 0 bridgehead atoms. The second-order valence-corrected chi connectivity index (χ2v) is 6.74. The molecule has 1 aliphatic heterocycles. The molecule has 2 amide bonds. The summed E-state index contributed by atoms with van der Waals surface area (Å²) in [5.41, 5.74) is 1.36. The molecule has 0 aromatic heterocycles. The van der Waals surface area contributed by atoms with Crippen molar-refractivity contribution < 1.29 is 9.59 Å². The third-order valence-corrected chi connectivity index (χ3v) is 5.01. The van der Waals surface area contributed by atoms with Crippen molar-refractivity contribution in [2.75, 3.05) is 25.5 Å². The van der Waals surface area contributed by atoms with E-state index in [-0.39, 0.29) is 17.7 Å². The third kappa shape index (κ3) is 3.72. The molecule has 0 radical (unpaired) electrons. The van der Waals surface area contributed by atoms with E-state index in [4.69, 9.17) is 0 Å². The molecule has 1 saturated carbocycles. The van der Waals surface area contributed by atoms with Crippen LogP contribution >= 0.6 is 0 Å². The highest BCUT2D eigenvalue weighted by molar-refractivity contribution is 5.98. The van der Waals surface area contributed by atoms with Gasteiger partial charge in [-0.3, -0.25) is 9.59 Å². The van der Waals surface area contributed by atoms with Crippen LogP contribution in [0.3, 0.4) is 0 Å². The maximum absolute atomic E-state index is 12.6. The van der Waals surface area contributed by atoms with E-state index >= 15 is 0 Å². The largest absolute Gasteiger partial charge is 0.339 e. The van der Waals surface area contributed by atoms with Gasteiger partial charge in [-0.25, -0.2) is 0 Å². The molecule has 1 saturated heterocycles. The lowest BCUT2D eigenvalue weighted by Crippen LogP contribution is -2.43. The van der Waals surface area contributed by atoms with Crippen LogP contribution < -0.4 is 10.6 Å². The van der Waals surface area contributed by atoms with Crippen molar-refractivity contribution in [3.63, 3.8) is 0 Å². The first-order valence-corrected chi connectivity index (χ1v) is 8.46. The van der Waals surface area contributed by atoms with E-state index in [0.717, 1.165) is 32.4 Å². The lowest BCUT2D eigenvalue weighted by Gasteiger charge is -2.32. The molecule has 5 heteroatoms. The van der Waals surface area contributed by atoms with Crippen molar-refractivity contribution in [3.05, 3.63) is 29.8 Å². The Morgan fingerprint density at radius 1 is 1.22 bits per heavy atom. The second-order valence-electron chi connectivity index (χ2n) is 6.74. The monoisotopic (exact) mass is 315 g/mol. The van der Waals surface area contributed by atoms with Gasteiger partial charge in [0.2, 0.25) is 5.91 Å². The SMILES string of the molecule is CNC1CCN(C(=O)c2cccc(NC(=O)C3CC3C)c2)CC1. The molecule has 1 heterocycles. The first-order chi connectivity index (χ1) is 11.1. The summed E-state index contributed by atoms with van der Waals surface area (Å²) in [6.07, 6.45) is 2.93. The van der Waals surface area contributed by atoms with E-state index in [1.807, 2.05) is 30.1 Å². The minimum Gasteiger partial charge on any atom is -0.339 e. The van der Waals surface area contributed by atoms with Crippen LogP contribution in [0.4, 0.5) is 5.69 Å². The van der Waals surface area contributed by atoms with E-state index < -0.39 is 0 Å². The zero-order valence-electron chi connectivity index (χ0n) is 13.8. The molecule has 2 aliphatic rings. The van der Waals surface area contributed by atoms with E-state index in [1.165, 1.54) is 0 Å². The van der Waals surface area contributed by atoms with Gasteiger partial charge in [-0.05, 0) is 50.4 Å². The summed E-state index contributed by atoms with van der Waals surface area (Å²) in [6.45, 7) is 3.64. The molecule has 1 aromatic carbocycles. The Morgan fingerprint density at radius 2 is 1.91 bits per heavy atom. The number of hydrogen-bond acceptors (Lipinski definition) is 3. The van der Waals surface area contributed by atoms with Crippen molar-refractivity contribution in [2.45, 2.75) is 32.2 Å². The van der Waals surface area contributed by atoms with Gasteiger partial charge in [0.1, 0.15) is 0 Å². The van der Waals surface area contributed by atoms with Gasteiger partial charge in [-0.15, -0.1) is 0 Å². The number of nitrogens with zero attached hydrogens (tertiary/aromatic N) is 1. The molecular weight excluding hydrogens is 290 g/mol. The zero-order chi connectivity index (χ0) is 16.4. The molecule has 1 aliphatic carbocycles.